The van der Waals surface area contributed by atoms with Gasteiger partial charge in [-0.3, -0.25) is 4.79 Å². The molecule has 0 fully saturated rings. The van der Waals surface area contributed by atoms with Gasteiger partial charge in [0.25, 0.3) is 0 Å². The number of carbonyl (C=O) groups is 1. The van der Waals surface area contributed by atoms with Gasteiger partial charge < -0.3 is 14.6 Å². The van der Waals surface area contributed by atoms with E-state index in [1.165, 1.54) is 0 Å². The fourth-order valence-corrected chi connectivity index (χ4v) is 3.32. The molecule has 0 aliphatic carbocycles. The van der Waals surface area contributed by atoms with Crippen LogP contribution in [0.2, 0.25) is 0 Å². The second-order valence-corrected chi connectivity index (χ2v) is 7.06. The van der Waals surface area contributed by atoms with Gasteiger partial charge in [0.05, 0.1) is 18.9 Å². The minimum absolute atomic E-state index is 0.0145. The Hall–Kier alpha value is -3.71. The van der Waals surface area contributed by atoms with Gasteiger partial charge in [0, 0.05) is 0 Å². The van der Waals surface area contributed by atoms with E-state index >= 15 is 0 Å². The summed E-state index contributed by atoms with van der Waals surface area (Å²) >= 11 is 0. The lowest BCUT2D eigenvalue weighted by Gasteiger charge is -2.11. The maximum absolute atomic E-state index is 11.1. The molecular weight excluding hydrogens is 388 g/mol. The van der Waals surface area contributed by atoms with Crippen LogP contribution in [0.25, 0.3) is 11.1 Å². The summed E-state index contributed by atoms with van der Waals surface area (Å²) in [6.07, 6.45) is -0.0145. The molecule has 1 N–H and O–H groups in total. The van der Waals surface area contributed by atoms with E-state index in [1.807, 2.05) is 55.5 Å². The van der Waals surface area contributed by atoms with E-state index in [1.54, 1.807) is 6.92 Å². The largest absolute Gasteiger partial charge is 0.494 e. The van der Waals surface area contributed by atoms with Crippen LogP contribution in [-0.2, 0) is 11.4 Å². The van der Waals surface area contributed by atoms with Crippen LogP contribution < -0.4 is 9.47 Å². The Balaban J connectivity index is 1.65. The first-order valence-electron chi connectivity index (χ1n) is 10.3. The van der Waals surface area contributed by atoms with E-state index in [2.05, 4.69) is 36.1 Å². The zero-order valence-electron chi connectivity index (χ0n) is 17.8. The van der Waals surface area contributed by atoms with Gasteiger partial charge in [-0.25, -0.2) is 0 Å². The molecule has 0 heterocycles. The van der Waals surface area contributed by atoms with Crippen molar-refractivity contribution in [3.05, 3.63) is 83.9 Å². The fraction of sp³-hybridized carbons (Fsp3) is 0.222. The smallest absolute Gasteiger partial charge is 0.304 e. The van der Waals surface area contributed by atoms with Crippen molar-refractivity contribution in [1.82, 2.24) is 0 Å². The monoisotopic (exact) mass is 414 g/mol. The minimum atomic E-state index is -0.861. The van der Waals surface area contributed by atoms with E-state index in [0.29, 0.717) is 13.2 Å². The SMILES string of the molecule is CC#CC(CC(=O)O)c1ccc(OCc2cccc(-c3ccc(OCC)cc3)c2)cc1. The molecule has 3 aromatic rings. The van der Waals surface area contributed by atoms with Gasteiger partial charge in [-0.1, -0.05) is 48.4 Å². The zero-order valence-corrected chi connectivity index (χ0v) is 17.8. The molecule has 3 aromatic carbocycles. The van der Waals surface area contributed by atoms with Crippen LogP contribution in [0.1, 0.15) is 37.3 Å². The van der Waals surface area contributed by atoms with Gasteiger partial charge in [-0.05, 0) is 66.4 Å². The van der Waals surface area contributed by atoms with Gasteiger partial charge in [-0.2, -0.15) is 0 Å². The highest BCUT2D eigenvalue weighted by Gasteiger charge is 2.13. The molecule has 3 rings (SSSR count). The molecule has 4 nitrogen and oxygen atoms in total. The summed E-state index contributed by atoms with van der Waals surface area (Å²) in [5.41, 5.74) is 4.18. The van der Waals surface area contributed by atoms with Crippen LogP contribution in [0, 0.1) is 11.8 Å². The Morgan fingerprint density at radius 2 is 1.61 bits per heavy atom. The third-order valence-electron chi connectivity index (χ3n) is 4.81. The van der Waals surface area contributed by atoms with E-state index in [4.69, 9.17) is 14.6 Å². The van der Waals surface area contributed by atoms with Crippen molar-refractivity contribution >= 4 is 5.97 Å². The van der Waals surface area contributed by atoms with E-state index in [9.17, 15) is 4.79 Å². The van der Waals surface area contributed by atoms with Gasteiger partial charge in [0.1, 0.15) is 18.1 Å². The predicted molar refractivity (Wildman–Crippen MR) is 122 cm³/mol. The number of aliphatic carboxylic acids is 1. The van der Waals surface area contributed by atoms with Crippen LogP contribution in [0.15, 0.2) is 72.8 Å². The Morgan fingerprint density at radius 3 is 2.26 bits per heavy atom. The molecule has 0 aliphatic heterocycles. The van der Waals surface area contributed by atoms with Crippen molar-refractivity contribution in [2.75, 3.05) is 6.61 Å². The van der Waals surface area contributed by atoms with Gasteiger partial charge >= 0.3 is 5.97 Å². The molecule has 0 bridgehead atoms. The van der Waals surface area contributed by atoms with E-state index in [-0.39, 0.29) is 12.3 Å². The summed E-state index contributed by atoms with van der Waals surface area (Å²) in [5, 5.41) is 9.08. The number of carboxylic acids is 1. The van der Waals surface area contributed by atoms with Crippen molar-refractivity contribution in [2.45, 2.75) is 32.8 Å². The molecule has 0 saturated heterocycles. The lowest BCUT2D eigenvalue weighted by Crippen LogP contribution is -2.04. The second kappa shape index (κ2) is 10.9. The number of rotatable bonds is 9. The molecule has 0 aliphatic rings. The van der Waals surface area contributed by atoms with Crippen molar-refractivity contribution in [3.63, 3.8) is 0 Å². The second-order valence-electron chi connectivity index (χ2n) is 7.06. The number of benzene rings is 3. The molecular formula is C27H26O4. The highest BCUT2D eigenvalue weighted by atomic mass is 16.5. The highest BCUT2D eigenvalue weighted by molar-refractivity contribution is 5.69. The van der Waals surface area contributed by atoms with Crippen LogP contribution in [-0.4, -0.2) is 17.7 Å². The lowest BCUT2D eigenvalue weighted by atomic mass is 9.96. The quantitative estimate of drug-likeness (QED) is 0.442. The Kier molecular flexibility index (Phi) is 7.73. The van der Waals surface area contributed by atoms with Gasteiger partial charge in [0.15, 0.2) is 0 Å². The van der Waals surface area contributed by atoms with Crippen LogP contribution in [0.5, 0.6) is 11.5 Å². The van der Waals surface area contributed by atoms with Crippen molar-refractivity contribution in [3.8, 4) is 34.5 Å². The molecule has 1 atom stereocenters. The predicted octanol–water partition coefficient (Wildman–Crippen LogP) is 5.91. The third kappa shape index (κ3) is 6.38. The topological polar surface area (TPSA) is 55.8 Å². The molecule has 0 saturated carbocycles. The van der Waals surface area contributed by atoms with Crippen molar-refractivity contribution in [2.24, 2.45) is 0 Å². The average Bonchev–Trinajstić information content (AvgIpc) is 2.78. The number of carboxylic acid groups (broad SMARTS) is 1. The summed E-state index contributed by atoms with van der Waals surface area (Å²) in [7, 11) is 0. The first-order chi connectivity index (χ1) is 15.1. The normalized spacial score (nSPS) is 11.2. The Labute approximate surface area is 183 Å². The molecule has 0 radical (unpaired) electrons. The number of hydrogen-bond donors (Lipinski definition) is 1. The van der Waals surface area contributed by atoms with Gasteiger partial charge in [-0.15, -0.1) is 5.92 Å². The first kappa shape index (κ1) is 22.0. The maximum Gasteiger partial charge on any atom is 0.304 e. The Bertz CT molecular complexity index is 1060. The van der Waals surface area contributed by atoms with E-state index < -0.39 is 5.97 Å². The fourth-order valence-electron chi connectivity index (χ4n) is 3.32. The summed E-state index contributed by atoms with van der Waals surface area (Å²) < 4.78 is 11.4. The zero-order chi connectivity index (χ0) is 22.1. The summed E-state index contributed by atoms with van der Waals surface area (Å²) in [6, 6.07) is 23.8. The molecule has 0 spiro atoms. The summed E-state index contributed by atoms with van der Waals surface area (Å²) in [4.78, 5) is 11.1. The lowest BCUT2D eigenvalue weighted by molar-refractivity contribution is -0.137. The van der Waals surface area contributed by atoms with Crippen LogP contribution in [0.4, 0.5) is 0 Å². The van der Waals surface area contributed by atoms with Crippen molar-refractivity contribution < 1.29 is 19.4 Å². The number of hydrogen-bond acceptors (Lipinski definition) is 3. The third-order valence-corrected chi connectivity index (χ3v) is 4.81. The molecule has 1 unspecified atom stereocenters. The highest BCUT2D eigenvalue weighted by Crippen LogP contribution is 2.25. The van der Waals surface area contributed by atoms with Crippen LogP contribution in [0.3, 0.4) is 0 Å². The maximum atomic E-state index is 11.1. The molecule has 4 heteroatoms. The Morgan fingerprint density at radius 1 is 0.935 bits per heavy atom. The minimum Gasteiger partial charge on any atom is -0.494 e. The van der Waals surface area contributed by atoms with Crippen molar-refractivity contribution in [1.29, 1.82) is 0 Å². The van der Waals surface area contributed by atoms with Gasteiger partial charge in [0.2, 0.25) is 0 Å². The molecule has 31 heavy (non-hydrogen) atoms. The van der Waals surface area contributed by atoms with E-state index in [0.717, 1.165) is 33.8 Å². The first-order valence-corrected chi connectivity index (χ1v) is 10.3. The molecule has 158 valence electrons. The standard InChI is InChI=1S/C27H26O4/c1-3-6-23(18-27(28)29)21-11-15-26(16-12-21)31-19-20-7-5-8-24(17-20)22-9-13-25(14-10-22)30-4-2/h5,7-17,23H,4,18-19H2,1-2H3,(H,28,29). The molecule has 0 amide bonds. The summed E-state index contributed by atoms with van der Waals surface area (Å²) in [6.45, 7) is 4.78. The molecule has 0 aromatic heterocycles. The average molecular weight is 415 g/mol. The number of ether oxygens (including phenoxy) is 2. The summed E-state index contributed by atoms with van der Waals surface area (Å²) in [5.74, 6) is 6.19. The van der Waals surface area contributed by atoms with Crippen LogP contribution >= 0.6 is 0 Å².